The first-order valence-electron chi connectivity index (χ1n) is 5.85. The van der Waals surface area contributed by atoms with E-state index < -0.39 is 0 Å². The van der Waals surface area contributed by atoms with Crippen LogP contribution in [-0.2, 0) is 0 Å². The molecule has 0 fully saturated rings. The minimum atomic E-state index is 0.320. The number of methoxy groups -OCH3 is 1. The molecule has 8 heteroatoms. The van der Waals surface area contributed by atoms with Gasteiger partial charge in [0.2, 0.25) is 11.9 Å². The number of nitrogen functional groups attached to an aromatic ring is 1. The van der Waals surface area contributed by atoms with Crippen LogP contribution < -0.4 is 20.9 Å². The van der Waals surface area contributed by atoms with Gasteiger partial charge in [-0.2, -0.15) is 15.0 Å². The van der Waals surface area contributed by atoms with Crippen LogP contribution in [0.3, 0.4) is 0 Å². The Balaban J connectivity index is 2.35. The van der Waals surface area contributed by atoms with Crippen molar-refractivity contribution in [1.29, 1.82) is 0 Å². The predicted molar refractivity (Wildman–Crippen MR) is 79.1 cm³/mol. The second kappa shape index (κ2) is 6.40. The third kappa shape index (κ3) is 3.28. The van der Waals surface area contributed by atoms with Gasteiger partial charge in [-0.3, -0.25) is 5.43 Å². The van der Waals surface area contributed by atoms with Crippen LogP contribution in [0.25, 0.3) is 0 Å². The zero-order valence-electron chi connectivity index (χ0n) is 11.5. The summed E-state index contributed by atoms with van der Waals surface area (Å²) in [5, 5.41) is 0.543. The third-order valence-electron chi connectivity index (χ3n) is 2.40. The molecular formula is C12H16N6OS. The average molecular weight is 292 g/mol. The Labute approximate surface area is 121 Å². The van der Waals surface area contributed by atoms with Gasteiger partial charge in [-0.05, 0) is 23.9 Å². The van der Waals surface area contributed by atoms with E-state index in [9.17, 15) is 0 Å². The highest BCUT2D eigenvalue weighted by Gasteiger charge is 2.11. The number of nitrogens with one attached hydrogen (secondary N) is 1. The number of benzene rings is 1. The monoisotopic (exact) mass is 292 g/mol. The number of para-hydroxylation sites is 1. The van der Waals surface area contributed by atoms with Gasteiger partial charge in [0, 0.05) is 14.1 Å². The van der Waals surface area contributed by atoms with Crippen LogP contribution in [0.2, 0.25) is 0 Å². The summed E-state index contributed by atoms with van der Waals surface area (Å²) in [4.78, 5) is 15.5. The van der Waals surface area contributed by atoms with Crippen LogP contribution in [0.15, 0.2) is 34.3 Å². The number of aromatic nitrogens is 3. The standard InChI is InChI=1S/C12H16N6OS/c1-18(2)11-14-10(17-13)15-12(16-11)20-9-7-5-4-6-8(9)19-3/h4-7H,13H2,1-3H3,(H,14,15,16,17). The van der Waals surface area contributed by atoms with Gasteiger partial charge in [0.25, 0.3) is 0 Å². The van der Waals surface area contributed by atoms with Crippen LogP contribution >= 0.6 is 11.8 Å². The molecule has 1 aromatic heterocycles. The fourth-order valence-corrected chi connectivity index (χ4v) is 2.31. The largest absolute Gasteiger partial charge is 0.496 e. The maximum atomic E-state index is 5.38. The first kappa shape index (κ1) is 14.4. The molecule has 0 aliphatic rings. The SMILES string of the molecule is COc1ccccc1Sc1nc(NN)nc(N(C)C)n1. The number of anilines is 2. The van der Waals surface area contributed by atoms with Gasteiger partial charge < -0.3 is 9.64 Å². The lowest BCUT2D eigenvalue weighted by molar-refractivity contribution is 0.405. The summed E-state index contributed by atoms with van der Waals surface area (Å²) in [6.45, 7) is 0. The number of nitrogens with two attached hydrogens (primary N) is 1. The summed E-state index contributed by atoms with van der Waals surface area (Å²) in [5.74, 6) is 7.01. The van der Waals surface area contributed by atoms with Crippen LogP contribution in [-0.4, -0.2) is 36.2 Å². The highest BCUT2D eigenvalue weighted by atomic mass is 32.2. The fourth-order valence-electron chi connectivity index (χ4n) is 1.46. The molecule has 0 unspecified atom stereocenters. The normalized spacial score (nSPS) is 10.2. The Morgan fingerprint density at radius 1 is 1.20 bits per heavy atom. The van der Waals surface area contributed by atoms with Crippen molar-refractivity contribution in [3.05, 3.63) is 24.3 Å². The lowest BCUT2D eigenvalue weighted by Gasteiger charge is -2.12. The molecule has 0 radical (unpaired) electrons. The number of hydrogen-bond acceptors (Lipinski definition) is 8. The van der Waals surface area contributed by atoms with Crippen molar-refractivity contribution in [2.24, 2.45) is 5.84 Å². The van der Waals surface area contributed by atoms with Crippen LogP contribution in [0.4, 0.5) is 11.9 Å². The smallest absolute Gasteiger partial charge is 0.242 e. The number of ether oxygens (including phenoxy) is 1. The summed E-state index contributed by atoms with van der Waals surface area (Å²) in [6.07, 6.45) is 0. The Kier molecular flexibility index (Phi) is 4.59. The maximum Gasteiger partial charge on any atom is 0.242 e. The molecule has 0 aliphatic heterocycles. The van der Waals surface area contributed by atoms with Crippen LogP contribution in [0, 0.1) is 0 Å². The van der Waals surface area contributed by atoms with E-state index in [0.29, 0.717) is 17.1 Å². The van der Waals surface area contributed by atoms with E-state index in [2.05, 4.69) is 20.4 Å². The Hall–Kier alpha value is -2.06. The summed E-state index contributed by atoms with van der Waals surface area (Å²) < 4.78 is 5.31. The molecule has 0 bridgehead atoms. The van der Waals surface area contributed by atoms with E-state index in [1.165, 1.54) is 11.8 Å². The number of hydrogen-bond donors (Lipinski definition) is 2. The van der Waals surface area contributed by atoms with E-state index in [1.807, 2.05) is 38.4 Å². The van der Waals surface area contributed by atoms with Crippen molar-refractivity contribution >= 4 is 23.7 Å². The lowest BCUT2D eigenvalue weighted by Crippen LogP contribution is -2.17. The van der Waals surface area contributed by atoms with Gasteiger partial charge in [0.15, 0.2) is 5.16 Å². The van der Waals surface area contributed by atoms with E-state index in [4.69, 9.17) is 10.6 Å². The van der Waals surface area contributed by atoms with Gasteiger partial charge >= 0.3 is 0 Å². The topological polar surface area (TPSA) is 89.2 Å². The summed E-state index contributed by atoms with van der Waals surface area (Å²) in [5.41, 5.74) is 2.44. The Morgan fingerprint density at radius 2 is 1.95 bits per heavy atom. The first-order valence-corrected chi connectivity index (χ1v) is 6.66. The molecule has 1 aromatic carbocycles. The van der Waals surface area contributed by atoms with Crippen molar-refractivity contribution < 1.29 is 4.74 Å². The quantitative estimate of drug-likeness (QED) is 0.631. The van der Waals surface area contributed by atoms with E-state index in [0.717, 1.165) is 10.6 Å². The van der Waals surface area contributed by atoms with Gasteiger partial charge in [-0.1, -0.05) is 12.1 Å². The molecule has 3 N–H and O–H groups in total. The first-order chi connectivity index (χ1) is 9.63. The highest BCUT2D eigenvalue weighted by molar-refractivity contribution is 7.99. The van der Waals surface area contributed by atoms with Crippen LogP contribution in [0.1, 0.15) is 0 Å². The average Bonchev–Trinajstić information content (AvgIpc) is 2.47. The van der Waals surface area contributed by atoms with Crippen molar-refractivity contribution in [2.75, 3.05) is 31.5 Å². The fraction of sp³-hybridized carbons (Fsp3) is 0.250. The van der Waals surface area contributed by atoms with E-state index in [-0.39, 0.29) is 0 Å². The number of hydrazine groups is 1. The number of rotatable bonds is 5. The van der Waals surface area contributed by atoms with E-state index in [1.54, 1.807) is 12.0 Å². The van der Waals surface area contributed by atoms with Gasteiger partial charge in [0.05, 0.1) is 12.0 Å². The molecule has 2 aromatic rings. The molecule has 2 rings (SSSR count). The molecule has 106 valence electrons. The Morgan fingerprint density at radius 3 is 2.60 bits per heavy atom. The van der Waals surface area contributed by atoms with Crippen molar-refractivity contribution in [3.8, 4) is 5.75 Å². The predicted octanol–water partition coefficient (Wildman–Crippen LogP) is 1.38. The van der Waals surface area contributed by atoms with Crippen molar-refractivity contribution in [2.45, 2.75) is 10.1 Å². The lowest BCUT2D eigenvalue weighted by atomic mass is 10.3. The van der Waals surface area contributed by atoms with E-state index >= 15 is 0 Å². The second-order valence-corrected chi connectivity index (χ2v) is 5.04. The Bertz CT molecular complexity index is 592. The molecule has 0 atom stereocenters. The molecule has 1 heterocycles. The van der Waals surface area contributed by atoms with Crippen molar-refractivity contribution in [1.82, 2.24) is 15.0 Å². The molecule has 20 heavy (non-hydrogen) atoms. The minimum Gasteiger partial charge on any atom is -0.496 e. The second-order valence-electron chi connectivity index (χ2n) is 4.03. The summed E-state index contributed by atoms with van der Waals surface area (Å²) in [7, 11) is 5.34. The third-order valence-corrected chi connectivity index (χ3v) is 3.32. The molecule has 7 nitrogen and oxygen atoms in total. The van der Waals surface area contributed by atoms with Gasteiger partial charge in [-0.15, -0.1) is 0 Å². The molecule has 0 spiro atoms. The number of nitrogens with zero attached hydrogens (tertiary/aromatic N) is 4. The molecule has 0 aliphatic carbocycles. The summed E-state index contributed by atoms with van der Waals surface area (Å²) in [6, 6.07) is 7.67. The zero-order valence-corrected chi connectivity index (χ0v) is 12.3. The highest BCUT2D eigenvalue weighted by Crippen LogP contribution is 2.33. The minimum absolute atomic E-state index is 0.320. The van der Waals surface area contributed by atoms with Crippen molar-refractivity contribution in [3.63, 3.8) is 0 Å². The van der Waals surface area contributed by atoms with Crippen LogP contribution in [0.5, 0.6) is 5.75 Å². The van der Waals surface area contributed by atoms with Gasteiger partial charge in [-0.25, -0.2) is 5.84 Å². The molecule has 0 amide bonds. The molecule has 0 saturated heterocycles. The molecular weight excluding hydrogens is 276 g/mol. The summed E-state index contributed by atoms with van der Waals surface area (Å²) >= 11 is 1.39. The van der Waals surface area contributed by atoms with Gasteiger partial charge in [0.1, 0.15) is 5.75 Å². The zero-order chi connectivity index (χ0) is 14.5. The maximum absolute atomic E-state index is 5.38. The molecule has 0 saturated carbocycles.